The number of nitrogens with zero attached hydrogens (tertiary/aromatic N) is 1. The van der Waals surface area contributed by atoms with Crippen LogP contribution in [0.15, 0.2) is 76.2 Å². The molecule has 8 nitrogen and oxygen atoms in total. The number of carboxylic acid groups (broad SMARTS) is 1. The molecule has 1 aromatic heterocycles. The van der Waals surface area contributed by atoms with E-state index in [4.69, 9.17) is 9.52 Å². The zero-order valence-electron chi connectivity index (χ0n) is 16.3. The van der Waals surface area contributed by atoms with E-state index in [9.17, 15) is 14.4 Å². The highest BCUT2D eigenvalue weighted by molar-refractivity contribution is 6.03. The van der Waals surface area contributed by atoms with Crippen LogP contribution in [0.25, 0.3) is 11.3 Å². The maximum atomic E-state index is 12.6. The fourth-order valence-corrected chi connectivity index (χ4v) is 3.55. The molecule has 156 valence electrons. The summed E-state index contributed by atoms with van der Waals surface area (Å²) in [6.07, 6.45) is 1.33. The first-order valence-corrected chi connectivity index (χ1v) is 9.62. The molecule has 2 amide bonds. The van der Waals surface area contributed by atoms with Gasteiger partial charge < -0.3 is 14.8 Å². The van der Waals surface area contributed by atoms with Crippen LogP contribution in [0.4, 0.5) is 0 Å². The summed E-state index contributed by atoms with van der Waals surface area (Å²) >= 11 is 0. The molecule has 2 heterocycles. The third-order valence-corrected chi connectivity index (χ3v) is 5.08. The second kappa shape index (κ2) is 8.66. The minimum atomic E-state index is -1.03. The highest BCUT2D eigenvalue weighted by atomic mass is 16.4. The number of nitrogens with one attached hydrogen (secondary N) is 2. The van der Waals surface area contributed by atoms with Crippen molar-refractivity contribution in [1.29, 1.82) is 0 Å². The van der Waals surface area contributed by atoms with Gasteiger partial charge in [0.25, 0.3) is 5.91 Å². The van der Waals surface area contributed by atoms with Gasteiger partial charge in [0.1, 0.15) is 17.4 Å². The van der Waals surface area contributed by atoms with Crippen LogP contribution in [0.1, 0.15) is 27.6 Å². The number of benzene rings is 2. The second-order valence-electron chi connectivity index (χ2n) is 7.06. The second-order valence-corrected chi connectivity index (χ2v) is 7.06. The first kappa shape index (κ1) is 20.1. The normalized spacial score (nSPS) is 18.1. The van der Waals surface area contributed by atoms with Gasteiger partial charge in [0.05, 0.1) is 11.8 Å². The Labute approximate surface area is 177 Å². The Morgan fingerprint density at radius 2 is 1.90 bits per heavy atom. The van der Waals surface area contributed by atoms with Gasteiger partial charge in [-0.25, -0.2) is 10.2 Å². The fourth-order valence-electron chi connectivity index (χ4n) is 3.55. The Kier molecular flexibility index (Phi) is 5.61. The highest BCUT2D eigenvalue weighted by Gasteiger charge is 2.40. The highest BCUT2D eigenvalue weighted by Crippen LogP contribution is 2.29. The fraction of sp³-hybridized carbons (Fsp3) is 0.130. The molecule has 1 fully saturated rings. The lowest BCUT2D eigenvalue weighted by Crippen LogP contribution is -2.34. The third kappa shape index (κ3) is 4.37. The lowest BCUT2D eigenvalue weighted by Gasteiger charge is -2.15. The summed E-state index contributed by atoms with van der Waals surface area (Å²) in [5.41, 5.74) is 4.08. The van der Waals surface area contributed by atoms with Crippen molar-refractivity contribution in [2.75, 3.05) is 6.54 Å². The maximum absolute atomic E-state index is 12.6. The first-order chi connectivity index (χ1) is 15.0. The Morgan fingerprint density at radius 3 is 2.68 bits per heavy atom. The zero-order chi connectivity index (χ0) is 21.8. The Bertz CT molecular complexity index is 1150. The van der Waals surface area contributed by atoms with E-state index in [1.54, 1.807) is 24.3 Å². The Balaban J connectivity index is 1.43. The molecule has 8 heteroatoms. The van der Waals surface area contributed by atoms with Crippen molar-refractivity contribution >= 4 is 24.0 Å². The molecule has 3 N–H and O–H groups in total. The van der Waals surface area contributed by atoms with Crippen LogP contribution in [0, 0.1) is 5.92 Å². The van der Waals surface area contributed by atoms with Gasteiger partial charge in [-0.05, 0) is 29.8 Å². The zero-order valence-corrected chi connectivity index (χ0v) is 16.3. The summed E-state index contributed by atoms with van der Waals surface area (Å²) in [6, 6.07) is 19.1. The van der Waals surface area contributed by atoms with Crippen molar-refractivity contribution in [3.8, 4) is 11.3 Å². The van der Waals surface area contributed by atoms with Gasteiger partial charge in [0, 0.05) is 18.0 Å². The SMILES string of the molecule is O=C(O)c1cccc(-c2ccc(/C=N\NC(=O)C3C(=O)NCC3c3ccccc3)o2)c1. The van der Waals surface area contributed by atoms with Gasteiger partial charge in [-0.1, -0.05) is 42.5 Å². The molecule has 1 aliphatic rings. The molecule has 0 saturated carbocycles. The van der Waals surface area contributed by atoms with E-state index in [0.29, 0.717) is 23.6 Å². The van der Waals surface area contributed by atoms with Crippen molar-refractivity contribution < 1.29 is 23.9 Å². The minimum absolute atomic E-state index is 0.152. The number of hydrogen-bond donors (Lipinski definition) is 3. The largest absolute Gasteiger partial charge is 0.478 e. The van der Waals surface area contributed by atoms with Crippen LogP contribution in [0.3, 0.4) is 0 Å². The van der Waals surface area contributed by atoms with Crippen molar-refractivity contribution in [1.82, 2.24) is 10.7 Å². The van der Waals surface area contributed by atoms with Crippen LogP contribution < -0.4 is 10.7 Å². The standard InChI is InChI=1S/C23H19N3O5/c27-21-20(18(13-24-21)14-5-2-1-3-6-14)22(28)26-25-12-17-9-10-19(31-17)15-7-4-8-16(11-15)23(29)30/h1-12,18,20H,13H2,(H,24,27)(H,26,28)(H,29,30)/b25-12-. The van der Waals surface area contributed by atoms with Crippen molar-refractivity contribution in [3.63, 3.8) is 0 Å². The molecule has 0 aliphatic carbocycles. The van der Waals surface area contributed by atoms with Crippen molar-refractivity contribution in [2.24, 2.45) is 11.0 Å². The number of carbonyl (C=O) groups excluding carboxylic acids is 2. The monoisotopic (exact) mass is 417 g/mol. The maximum Gasteiger partial charge on any atom is 0.335 e. The molecular weight excluding hydrogens is 398 g/mol. The third-order valence-electron chi connectivity index (χ3n) is 5.08. The summed E-state index contributed by atoms with van der Waals surface area (Å²) in [7, 11) is 0. The van der Waals surface area contributed by atoms with Gasteiger partial charge in [0.15, 0.2) is 0 Å². The summed E-state index contributed by atoms with van der Waals surface area (Å²) in [4.78, 5) is 35.9. The van der Waals surface area contributed by atoms with Gasteiger partial charge >= 0.3 is 5.97 Å². The summed E-state index contributed by atoms with van der Waals surface area (Å²) in [6.45, 7) is 0.390. The molecule has 3 aromatic rings. The summed E-state index contributed by atoms with van der Waals surface area (Å²) in [5, 5.41) is 15.7. The Morgan fingerprint density at radius 1 is 1.10 bits per heavy atom. The molecular formula is C23H19N3O5. The minimum Gasteiger partial charge on any atom is -0.478 e. The van der Waals surface area contributed by atoms with Crippen molar-refractivity contribution in [2.45, 2.75) is 5.92 Å². The van der Waals surface area contributed by atoms with Gasteiger partial charge in [-0.15, -0.1) is 0 Å². The molecule has 4 rings (SSSR count). The molecule has 0 radical (unpaired) electrons. The molecule has 2 unspecified atom stereocenters. The van der Waals surface area contributed by atoms with E-state index in [-0.39, 0.29) is 17.4 Å². The number of furan rings is 1. The van der Waals surface area contributed by atoms with Crippen LogP contribution in [-0.4, -0.2) is 35.6 Å². The molecule has 31 heavy (non-hydrogen) atoms. The van der Waals surface area contributed by atoms with Crippen LogP contribution >= 0.6 is 0 Å². The number of amides is 2. The summed E-state index contributed by atoms with van der Waals surface area (Å²) in [5.74, 6) is -2.16. The van der Waals surface area contributed by atoms with Gasteiger partial charge in [-0.2, -0.15) is 5.10 Å². The van der Waals surface area contributed by atoms with E-state index in [1.807, 2.05) is 30.3 Å². The van der Waals surface area contributed by atoms with Gasteiger partial charge in [-0.3, -0.25) is 9.59 Å². The number of hydrazone groups is 1. The lowest BCUT2D eigenvalue weighted by atomic mass is 9.88. The topological polar surface area (TPSA) is 121 Å². The first-order valence-electron chi connectivity index (χ1n) is 9.62. The van der Waals surface area contributed by atoms with Gasteiger partial charge in [0.2, 0.25) is 5.91 Å². The number of carboxylic acids is 1. The van der Waals surface area contributed by atoms with E-state index in [0.717, 1.165) is 5.56 Å². The predicted octanol–water partition coefficient (Wildman–Crippen LogP) is 2.62. The van der Waals surface area contributed by atoms with Crippen LogP contribution in [0.5, 0.6) is 0 Å². The molecule has 0 spiro atoms. The molecule has 1 aliphatic heterocycles. The quantitative estimate of drug-likeness (QED) is 0.323. The van der Waals surface area contributed by atoms with E-state index in [1.165, 1.54) is 18.3 Å². The number of aromatic carboxylic acids is 1. The summed E-state index contributed by atoms with van der Waals surface area (Å²) < 4.78 is 5.65. The molecule has 0 bridgehead atoms. The average molecular weight is 417 g/mol. The Hall–Kier alpha value is -4.20. The van der Waals surface area contributed by atoms with Crippen LogP contribution in [-0.2, 0) is 9.59 Å². The predicted molar refractivity (Wildman–Crippen MR) is 113 cm³/mol. The van der Waals surface area contributed by atoms with Crippen LogP contribution in [0.2, 0.25) is 0 Å². The molecule has 2 atom stereocenters. The molecule has 2 aromatic carbocycles. The number of carbonyl (C=O) groups is 3. The number of rotatable bonds is 6. The van der Waals surface area contributed by atoms with Crippen molar-refractivity contribution in [3.05, 3.63) is 83.6 Å². The van der Waals surface area contributed by atoms with E-state index in [2.05, 4.69) is 15.8 Å². The molecule has 1 saturated heterocycles. The lowest BCUT2D eigenvalue weighted by molar-refractivity contribution is -0.133. The number of hydrogen-bond acceptors (Lipinski definition) is 5. The van der Waals surface area contributed by atoms with E-state index < -0.39 is 17.8 Å². The van der Waals surface area contributed by atoms with E-state index >= 15 is 0 Å². The average Bonchev–Trinajstić information content (AvgIpc) is 3.41. The smallest absolute Gasteiger partial charge is 0.335 e.